The standard InChI is InChI=1S/C23H30N4O2/c28-21-15-23(17-27(21)12-4-7-18-5-2-1-3-6-18)10-13-26(14-11-23)16-20-24-25-22(29-20)19-8-9-19/h1-3,5-6,19H,4,7-17H2. The second kappa shape index (κ2) is 7.90. The van der Waals surface area contributed by atoms with Crippen molar-refractivity contribution in [3.8, 4) is 0 Å². The summed E-state index contributed by atoms with van der Waals surface area (Å²) in [4.78, 5) is 17.1. The van der Waals surface area contributed by atoms with Crippen LogP contribution < -0.4 is 0 Å². The predicted molar refractivity (Wildman–Crippen MR) is 109 cm³/mol. The molecule has 3 heterocycles. The van der Waals surface area contributed by atoms with Crippen LogP contribution in [0.25, 0.3) is 0 Å². The Kier molecular flexibility index (Phi) is 5.12. The van der Waals surface area contributed by atoms with Crippen LogP contribution in [0.2, 0.25) is 0 Å². The molecular formula is C23H30N4O2. The molecule has 1 aromatic carbocycles. The van der Waals surface area contributed by atoms with Crippen molar-refractivity contribution in [1.29, 1.82) is 0 Å². The van der Waals surface area contributed by atoms with Gasteiger partial charge in [0, 0.05) is 25.4 Å². The summed E-state index contributed by atoms with van der Waals surface area (Å²) in [6, 6.07) is 10.6. The van der Waals surface area contributed by atoms with E-state index in [9.17, 15) is 4.79 Å². The molecular weight excluding hydrogens is 364 g/mol. The van der Waals surface area contributed by atoms with Crippen molar-refractivity contribution in [2.45, 2.75) is 57.4 Å². The quantitative estimate of drug-likeness (QED) is 0.720. The molecule has 3 fully saturated rings. The summed E-state index contributed by atoms with van der Waals surface area (Å²) in [6.45, 7) is 4.56. The van der Waals surface area contributed by atoms with Crippen molar-refractivity contribution < 1.29 is 9.21 Å². The number of amides is 1. The summed E-state index contributed by atoms with van der Waals surface area (Å²) in [6.07, 6.45) is 7.33. The number of carbonyl (C=O) groups excluding carboxylic acids is 1. The minimum atomic E-state index is 0.175. The first-order valence-electron chi connectivity index (χ1n) is 11.1. The Morgan fingerprint density at radius 1 is 1.10 bits per heavy atom. The van der Waals surface area contributed by atoms with Gasteiger partial charge >= 0.3 is 0 Å². The van der Waals surface area contributed by atoms with Crippen LogP contribution in [0.4, 0.5) is 0 Å². The van der Waals surface area contributed by atoms with Gasteiger partial charge in [0.25, 0.3) is 0 Å². The fourth-order valence-electron chi connectivity index (χ4n) is 4.84. The number of nitrogens with zero attached hydrogens (tertiary/aromatic N) is 4. The number of likely N-dealkylation sites (tertiary alicyclic amines) is 2. The van der Waals surface area contributed by atoms with Gasteiger partial charge in [-0.05, 0) is 62.6 Å². The zero-order valence-corrected chi connectivity index (χ0v) is 17.1. The van der Waals surface area contributed by atoms with Gasteiger partial charge in [0.2, 0.25) is 17.7 Å². The van der Waals surface area contributed by atoms with Crippen molar-refractivity contribution >= 4 is 5.91 Å². The highest BCUT2D eigenvalue weighted by molar-refractivity contribution is 5.79. The minimum absolute atomic E-state index is 0.175. The van der Waals surface area contributed by atoms with Crippen LogP contribution in [0.5, 0.6) is 0 Å². The number of carbonyl (C=O) groups is 1. The smallest absolute Gasteiger partial charge is 0.230 e. The van der Waals surface area contributed by atoms with Gasteiger partial charge in [-0.2, -0.15) is 0 Å². The molecule has 154 valence electrons. The number of benzene rings is 1. The average Bonchev–Trinajstić information content (AvgIpc) is 3.41. The Hall–Kier alpha value is -2.21. The number of rotatable bonds is 7. The highest BCUT2D eigenvalue weighted by atomic mass is 16.4. The van der Waals surface area contributed by atoms with Gasteiger partial charge < -0.3 is 9.32 Å². The third kappa shape index (κ3) is 4.37. The summed E-state index contributed by atoms with van der Waals surface area (Å²) in [7, 11) is 0. The zero-order chi connectivity index (χ0) is 19.7. The summed E-state index contributed by atoms with van der Waals surface area (Å²) in [5, 5.41) is 8.41. The molecule has 0 atom stereocenters. The van der Waals surface area contributed by atoms with E-state index in [4.69, 9.17) is 4.42 Å². The fourth-order valence-corrected chi connectivity index (χ4v) is 4.84. The molecule has 1 amide bonds. The molecule has 6 heteroatoms. The second-order valence-corrected chi connectivity index (χ2v) is 9.17. The Labute approximate surface area is 172 Å². The molecule has 29 heavy (non-hydrogen) atoms. The molecule has 0 radical (unpaired) electrons. The summed E-state index contributed by atoms with van der Waals surface area (Å²) in [5.74, 6) is 2.42. The maximum atomic E-state index is 12.6. The number of hydrogen-bond donors (Lipinski definition) is 0. The van der Waals surface area contributed by atoms with Crippen molar-refractivity contribution in [1.82, 2.24) is 20.0 Å². The van der Waals surface area contributed by atoms with E-state index in [1.807, 2.05) is 6.07 Å². The first kappa shape index (κ1) is 18.8. The number of piperidine rings is 1. The topological polar surface area (TPSA) is 62.5 Å². The maximum Gasteiger partial charge on any atom is 0.230 e. The predicted octanol–water partition coefficient (Wildman–Crippen LogP) is 3.39. The van der Waals surface area contributed by atoms with Gasteiger partial charge in [0.1, 0.15) is 0 Å². The lowest BCUT2D eigenvalue weighted by Gasteiger charge is -2.38. The Morgan fingerprint density at radius 3 is 2.66 bits per heavy atom. The van der Waals surface area contributed by atoms with Gasteiger partial charge in [-0.25, -0.2) is 0 Å². The van der Waals surface area contributed by atoms with E-state index in [0.717, 1.165) is 76.6 Å². The average molecular weight is 395 g/mol. The van der Waals surface area contributed by atoms with Crippen LogP contribution in [0, 0.1) is 5.41 Å². The molecule has 1 saturated carbocycles. The van der Waals surface area contributed by atoms with E-state index in [1.165, 1.54) is 18.4 Å². The normalized spacial score (nSPS) is 21.9. The molecule has 2 saturated heterocycles. The molecule has 3 aliphatic rings. The first-order valence-corrected chi connectivity index (χ1v) is 11.1. The van der Waals surface area contributed by atoms with Gasteiger partial charge in [-0.1, -0.05) is 30.3 Å². The van der Waals surface area contributed by atoms with Gasteiger partial charge in [0.05, 0.1) is 6.54 Å². The third-order valence-corrected chi connectivity index (χ3v) is 6.83. The number of aryl methyl sites for hydroxylation is 1. The van der Waals surface area contributed by atoms with E-state index >= 15 is 0 Å². The number of hydrogen-bond acceptors (Lipinski definition) is 5. The second-order valence-electron chi connectivity index (χ2n) is 9.17. The van der Waals surface area contributed by atoms with Crippen molar-refractivity contribution in [3.63, 3.8) is 0 Å². The van der Waals surface area contributed by atoms with Crippen LogP contribution in [0.15, 0.2) is 34.7 Å². The van der Waals surface area contributed by atoms with E-state index in [-0.39, 0.29) is 5.41 Å². The highest BCUT2D eigenvalue weighted by Gasteiger charge is 2.44. The molecule has 0 unspecified atom stereocenters. The van der Waals surface area contributed by atoms with Gasteiger partial charge in [-0.15, -0.1) is 10.2 Å². The Bertz CT molecular complexity index is 838. The van der Waals surface area contributed by atoms with Gasteiger partial charge in [0.15, 0.2) is 0 Å². The van der Waals surface area contributed by atoms with Crippen LogP contribution in [0.1, 0.15) is 61.8 Å². The molecule has 1 spiro atoms. The SMILES string of the molecule is O=C1CC2(CCN(Cc3nnc(C4CC4)o3)CC2)CN1CCCc1ccccc1. The first-order chi connectivity index (χ1) is 14.2. The summed E-state index contributed by atoms with van der Waals surface area (Å²) >= 11 is 0. The van der Waals surface area contributed by atoms with Gasteiger partial charge in [-0.3, -0.25) is 9.69 Å². The molecule has 2 aromatic rings. The zero-order valence-electron chi connectivity index (χ0n) is 17.1. The van der Waals surface area contributed by atoms with Crippen LogP contribution in [0.3, 0.4) is 0 Å². The van der Waals surface area contributed by atoms with Crippen molar-refractivity contribution in [2.75, 3.05) is 26.2 Å². The lowest BCUT2D eigenvalue weighted by Crippen LogP contribution is -2.41. The van der Waals surface area contributed by atoms with Crippen LogP contribution in [-0.2, 0) is 17.8 Å². The molecule has 6 nitrogen and oxygen atoms in total. The lowest BCUT2D eigenvalue weighted by molar-refractivity contribution is -0.127. The Balaban J connectivity index is 1.09. The van der Waals surface area contributed by atoms with E-state index in [2.05, 4.69) is 44.3 Å². The molecule has 5 rings (SSSR count). The number of aromatic nitrogens is 2. The molecule has 1 aliphatic carbocycles. The van der Waals surface area contributed by atoms with Crippen LogP contribution >= 0.6 is 0 Å². The van der Waals surface area contributed by atoms with Crippen molar-refractivity contribution in [2.24, 2.45) is 5.41 Å². The molecule has 0 bridgehead atoms. The molecule has 2 aliphatic heterocycles. The van der Waals surface area contributed by atoms with Crippen molar-refractivity contribution in [3.05, 3.63) is 47.7 Å². The fraction of sp³-hybridized carbons (Fsp3) is 0.609. The summed E-state index contributed by atoms with van der Waals surface area (Å²) in [5.41, 5.74) is 1.53. The Morgan fingerprint density at radius 2 is 1.90 bits per heavy atom. The summed E-state index contributed by atoms with van der Waals surface area (Å²) < 4.78 is 5.82. The minimum Gasteiger partial charge on any atom is -0.424 e. The lowest BCUT2D eigenvalue weighted by atomic mass is 9.77. The van der Waals surface area contributed by atoms with E-state index < -0.39 is 0 Å². The van der Waals surface area contributed by atoms with E-state index in [0.29, 0.717) is 11.8 Å². The largest absolute Gasteiger partial charge is 0.424 e. The van der Waals surface area contributed by atoms with E-state index in [1.54, 1.807) is 0 Å². The highest BCUT2D eigenvalue weighted by Crippen LogP contribution is 2.42. The van der Waals surface area contributed by atoms with Crippen LogP contribution in [-0.4, -0.2) is 52.1 Å². The maximum absolute atomic E-state index is 12.6. The third-order valence-electron chi connectivity index (χ3n) is 6.83. The molecule has 0 N–H and O–H groups in total. The monoisotopic (exact) mass is 394 g/mol. The molecule has 1 aromatic heterocycles.